The van der Waals surface area contributed by atoms with Gasteiger partial charge >= 0.3 is 5.69 Å². The van der Waals surface area contributed by atoms with E-state index in [1.165, 1.54) is 0 Å². The molecular weight excluding hydrogens is 316 g/mol. The van der Waals surface area contributed by atoms with Crippen LogP contribution in [0.4, 0.5) is 10.2 Å². The molecule has 0 unspecified atom stereocenters. The van der Waals surface area contributed by atoms with Crippen LogP contribution in [0.1, 0.15) is 6.23 Å². The summed E-state index contributed by atoms with van der Waals surface area (Å²) in [4.78, 5) is 15.0. The van der Waals surface area contributed by atoms with Crippen molar-refractivity contribution in [3.63, 3.8) is 0 Å². The quantitative estimate of drug-likeness (QED) is 0.641. The number of nitrogens with two attached hydrogens (primary N) is 1. The van der Waals surface area contributed by atoms with E-state index in [2.05, 4.69) is 4.98 Å². The highest BCUT2D eigenvalue weighted by Crippen LogP contribution is 2.40. The third kappa shape index (κ3) is 2.27. The van der Waals surface area contributed by atoms with E-state index < -0.39 is 47.2 Å². The average Bonchev–Trinajstić information content (AvgIpc) is 2.68. The number of nitrogens with zero attached hydrogens (tertiary/aromatic N) is 2. The number of alkyl halides is 2. The molecule has 7 nitrogen and oxygen atoms in total. The molecule has 0 bridgehead atoms. The minimum atomic E-state index is -1.53. The Morgan fingerprint density at radius 2 is 2.30 bits per heavy atom. The van der Waals surface area contributed by atoms with Crippen LogP contribution in [0.2, 0.25) is 0 Å². The minimum absolute atomic E-state index is 0.260. The summed E-state index contributed by atoms with van der Waals surface area (Å²) < 4.78 is 19.6. The lowest BCUT2D eigenvalue weighted by Gasteiger charge is -2.27. The van der Waals surface area contributed by atoms with Crippen LogP contribution in [0.15, 0.2) is 11.0 Å². The molecule has 0 aromatic carbocycles. The van der Waals surface area contributed by atoms with Gasteiger partial charge in [0.1, 0.15) is 17.1 Å². The first-order valence-electron chi connectivity index (χ1n) is 5.57. The SMILES string of the molecule is Nc1nc(=O)n([C@@H]2O[C@@](CO)(CCl)[C@@H](O)[C@H]2Cl)cc1F. The molecule has 0 radical (unpaired) electrons. The highest BCUT2D eigenvalue weighted by atomic mass is 35.5. The van der Waals surface area contributed by atoms with E-state index in [1.807, 2.05) is 0 Å². The normalized spacial score (nSPS) is 33.5. The molecule has 4 atom stereocenters. The highest BCUT2D eigenvalue weighted by Gasteiger charge is 2.54. The maximum atomic E-state index is 13.4. The van der Waals surface area contributed by atoms with Crippen molar-refractivity contribution in [2.24, 2.45) is 0 Å². The van der Waals surface area contributed by atoms with Gasteiger partial charge in [0.05, 0.1) is 18.7 Å². The van der Waals surface area contributed by atoms with Crippen molar-refractivity contribution in [2.75, 3.05) is 18.2 Å². The molecule has 1 saturated heterocycles. The van der Waals surface area contributed by atoms with E-state index in [9.17, 15) is 19.4 Å². The Hall–Kier alpha value is -0.930. The molecule has 0 saturated carbocycles. The fraction of sp³-hybridized carbons (Fsp3) is 0.600. The Balaban J connectivity index is 2.45. The number of ether oxygens (including phenoxy) is 1. The van der Waals surface area contributed by atoms with Crippen molar-refractivity contribution in [1.82, 2.24) is 9.55 Å². The predicted molar refractivity (Wildman–Crippen MR) is 69.2 cm³/mol. The number of anilines is 1. The standard InChI is InChI=1S/C10H12Cl2FN3O4/c11-2-10(3-17)6(18)5(12)8(20-10)16-1-4(13)7(14)15-9(16)19/h1,5-6,8,17-18H,2-3H2,(H2,14,15,19)/t5-,6+,8-,10-/m1/s1. The monoisotopic (exact) mass is 327 g/mol. The molecule has 4 N–H and O–H groups in total. The summed E-state index contributed by atoms with van der Waals surface area (Å²) >= 11 is 11.7. The van der Waals surface area contributed by atoms with Gasteiger partial charge in [-0.3, -0.25) is 4.57 Å². The fourth-order valence-corrected chi connectivity index (χ4v) is 2.66. The van der Waals surface area contributed by atoms with E-state index in [0.29, 0.717) is 0 Å². The van der Waals surface area contributed by atoms with Crippen LogP contribution >= 0.6 is 23.2 Å². The number of aromatic nitrogens is 2. The first kappa shape index (κ1) is 15.5. The number of nitrogen functional groups attached to an aromatic ring is 1. The Morgan fingerprint density at radius 3 is 2.80 bits per heavy atom. The van der Waals surface area contributed by atoms with Gasteiger partial charge in [0.2, 0.25) is 0 Å². The fourth-order valence-electron chi connectivity index (χ4n) is 1.96. The minimum Gasteiger partial charge on any atom is -0.393 e. The summed E-state index contributed by atoms with van der Waals surface area (Å²) in [7, 11) is 0. The van der Waals surface area contributed by atoms with Gasteiger partial charge in [-0.15, -0.1) is 23.2 Å². The molecule has 2 heterocycles. The lowest BCUT2D eigenvalue weighted by Crippen LogP contribution is -2.47. The number of hydrogen-bond donors (Lipinski definition) is 3. The molecular formula is C10H12Cl2FN3O4. The number of rotatable bonds is 3. The molecule has 112 valence electrons. The van der Waals surface area contributed by atoms with Gasteiger partial charge < -0.3 is 20.7 Å². The molecule has 1 aliphatic heterocycles. The van der Waals surface area contributed by atoms with Crippen LogP contribution < -0.4 is 11.4 Å². The van der Waals surface area contributed by atoms with E-state index in [4.69, 9.17) is 33.7 Å². The summed E-state index contributed by atoms with van der Waals surface area (Å²) in [5.74, 6) is -1.75. The largest absolute Gasteiger partial charge is 0.393 e. The second-order valence-corrected chi connectivity index (χ2v) is 5.19. The Kier molecular flexibility index (Phi) is 4.22. The summed E-state index contributed by atoms with van der Waals surface area (Å²) in [6.45, 7) is -0.614. The van der Waals surface area contributed by atoms with Gasteiger partial charge in [-0.1, -0.05) is 0 Å². The van der Waals surface area contributed by atoms with Crippen LogP contribution in [-0.2, 0) is 4.74 Å². The average molecular weight is 328 g/mol. The van der Waals surface area contributed by atoms with Crippen molar-refractivity contribution in [3.8, 4) is 0 Å². The molecule has 1 aromatic rings. The van der Waals surface area contributed by atoms with E-state index in [-0.39, 0.29) is 5.88 Å². The predicted octanol–water partition coefficient (Wildman–Crippen LogP) is -0.568. The van der Waals surface area contributed by atoms with Crippen LogP contribution in [-0.4, -0.2) is 49.3 Å². The first-order chi connectivity index (χ1) is 9.36. The van der Waals surface area contributed by atoms with E-state index >= 15 is 0 Å². The maximum Gasteiger partial charge on any atom is 0.351 e. The van der Waals surface area contributed by atoms with Crippen molar-refractivity contribution in [2.45, 2.75) is 23.3 Å². The smallest absolute Gasteiger partial charge is 0.351 e. The van der Waals surface area contributed by atoms with Crippen LogP contribution in [0.3, 0.4) is 0 Å². The molecule has 1 aromatic heterocycles. The number of hydrogen-bond acceptors (Lipinski definition) is 6. The Labute approximate surface area is 122 Å². The lowest BCUT2D eigenvalue weighted by atomic mass is 10.00. The molecule has 0 aliphatic carbocycles. The molecule has 2 rings (SSSR count). The van der Waals surface area contributed by atoms with Gasteiger partial charge in [-0.05, 0) is 0 Å². The summed E-state index contributed by atoms with van der Waals surface area (Å²) in [5.41, 5.74) is 2.75. The third-order valence-electron chi connectivity index (χ3n) is 3.17. The molecule has 0 spiro atoms. The maximum absolute atomic E-state index is 13.4. The van der Waals surface area contributed by atoms with Crippen molar-refractivity contribution in [1.29, 1.82) is 0 Å². The number of aliphatic hydroxyl groups is 2. The number of halogens is 3. The van der Waals surface area contributed by atoms with Gasteiger partial charge in [0.25, 0.3) is 0 Å². The van der Waals surface area contributed by atoms with Gasteiger partial charge in [-0.2, -0.15) is 4.98 Å². The van der Waals surface area contributed by atoms with Crippen LogP contribution in [0.5, 0.6) is 0 Å². The zero-order valence-corrected chi connectivity index (χ0v) is 11.6. The molecule has 0 amide bonds. The summed E-state index contributed by atoms with van der Waals surface area (Å²) in [5, 5.41) is 18.2. The highest BCUT2D eigenvalue weighted by molar-refractivity contribution is 6.22. The summed E-state index contributed by atoms with van der Waals surface area (Å²) in [6, 6.07) is 0. The molecule has 1 aliphatic rings. The molecule has 10 heteroatoms. The van der Waals surface area contributed by atoms with Gasteiger partial charge in [0, 0.05) is 0 Å². The van der Waals surface area contributed by atoms with E-state index in [1.54, 1.807) is 0 Å². The van der Waals surface area contributed by atoms with Crippen molar-refractivity contribution in [3.05, 3.63) is 22.5 Å². The second-order valence-electron chi connectivity index (χ2n) is 4.42. The van der Waals surface area contributed by atoms with Crippen molar-refractivity contribution < 1.29 is 19.3 Å². The van der Waals surface area contributed by atoms with Crippen LogP contribution in [0.25, 0.3) is 0 Å². The summed E-state index contributed by atoms with van der Waals surface area (Å²) in [6.07, 6.45) is -1.80. The van der Waals surface area contributed by atoms with Gasteiger partial charge in [0.15, 0.2) is 17.9 Å². The lowest BCUT2D eigenvalue weighted by molar-refractivity contribution is -0.114. The zero-order chi connectivity index (χ0) is 15.1. The third-order valence-corrected chi connectivity index (χ3v) is 4.08. The van der Waals surface area contributed by atoms with Crippen molar-refractivity contribution >= 4 is 29.0 Å². The Bertz CT molecular complexity index is 566. The zero-order valence-electron chi connectivity index (χ0n) is 10.0. The molecule has 20 heavy (non-hydrogen) atoms. The first-order valence-corrected chi connectivity index (χ1v) is 6.54. The Morgan fingerprint density at radius 1 is 1.65 bits per heavy atom. The topological polar surface area (TPSA) is 111 Å². The molecule has 1 fully saturated rings. The number of aliphatic hydroxyl groups excluding tert-OH is 2. The van der Waals surface area contributed by atoms with Crippen LogP contribution in [0, 0.1) is 5.82 Å². The van der Waals surface area contributed by atoms with E-state index in [0.717, 1.165) is 10.8 Å². The second kappa shape index (κ2) is 5.45. The van der Waals surface area contributed by atoms with Gasteiger partial charge in [-0.25, -0.2) is 9.18 Å².